The molecular weight excluding hydrogens is 322 g/mol. The number of para-hydroxylation sites is 2. The van der Waals surface area contributed by atoms with E-state index in [1.54, 1.807) is 0 Å². The van der Waals surface area contributed by atoms with Crippen LogP contribution >= 0.6 is 11.6 Å². The molecule has 1 aromatic heterocycles. The highest BCUT2D eigenvalue weighted by molar-refractivity contribution is 6.31. The van der Waals surface area contributed by atoms with E-state index in [1.165, 1.54) is 0 Å². The molecule has 3 rings (SSSR count). The monoisotopic (exact) mass is 339 g/mol. The van der Waals surface area contributed by atoms with Gasteiger partial charge in [0, 0.05) is 16.6 Å². The van der Waals surface area contributed by atoms with Crippen molar-refractivity contribution < 1.29 is 4.79 Å². The lowest BCUT2D eigenvalue weighted by Crippen LogP contribution is -2.28. The number of amides is 1. The largest absolute Gasteiger partial charge is 0.370 e. The lowest BCUT2D eigenvalue weighted by molar-refractivity contribution is -0.118. The van der Waals surface area contributed by atoms with Crippen molar-refractivity contribution in [1.82, 2.24) is 4.98 Å². The smallest absolute Gasteiger partial charge is 0.244 e. The molecule has 0 spiro atoms. The lowest BCUT2D eigenvalue weighted by Gasteiger charge is -2.20. The molecule has 0 saturated carbocycles. The molecule has 0 aliphatic rings. The van der Waals surface area contributed by atoms with Gasteiger partial charge in [0.05, 0.1) is 5.52 Å². The van der Waals surface area contributed by atoms with E-state index in [2.05, 4.69) is 10.3 Å². The van der Waals surface area contributed by atoms with E-state index in [4.69, 9.17) is 17.3 Å². The summed E-state index contributed by atoms with van der Waals surface area (Å²) in [4.78, 5) is 16.5. The van der Waals surface area contributed by atoms with Gasteiger partial charge in [0.25, 0.3) is 0 Å². The number of fused-ring (bicyclic) bond motifs is 1. The molecule has 4 nitrogen and oxygen atoms in total. The number of nitrogens with zero attached hydrogens (tertiary/aromatic N) is 1. The Hall–Kier alpha value is -2.59. The van der Waals surface area contributed by atoms with E-state index < -0.39 is 11.9 Å². The van der Waals surface area contributed by atoms with Crippen LogP contribution in [0.25, 0.3) is 10.9 Å². The second kappa shape index (κ2) is 6.49. The zero-order chi connectivity index (χ0) is 17.3. The molecule has 1 atom stereocenters. The van der Waals surface area contributed by atoms with Crippen LogP contribution in [0.1, 0.15) is 22.7 Å². The highest BCUT2D eigenvalue weighted by Gasteiger charge is 2.22. The first-order chi connectivity index (χ1) is 11.5. The van der Waals surface area contributed by atoms with Crippen LogP contribution in [-0.2, 0) is 4.79 Å². The lowest BCUT2D eigenvalue weighted by atomic mass is 10.0. The van der Waals surface area contributed by atoms with Gasteiger partial charge in [-0.1, -0.05) is 48.0 Å². The molecule has 1 heterocycles. The molecule has 0 saturated heterocycles. The highest BCUT2D eigenvalue weighted by atomic mass is 35.5. The summed E-state index contributed by atoms with van der Waals surface area (Å²) in [5.41, 5.74) is 9.90. The highest BCUT2D eigenvalue weighted by Crippen LogP contribution is 2.30. The first-order valence-electron chi connectivity index (χ1n) is 7.64. The summed E-state index contributed by atoms with van der Waals surface area (Å²) in [5.74, 6) is -0.506. The number of rotatable bonds is 4. The Morgan fingerprint density at radius 3 is 2.54 bits per heavy atom. The molecule has 2 aromatic carbocycles. The number of carbonyl (C=O) groups is 1. The number of nitrogens with one attached hydrogen (secondary N) is 1. The van der Waals surface area contributed by atoms with Gasteiger partial charge >= 0.3 is 0 Å². The molecule has 0 bridgehead atoms. The van der Waals surface area contributed by atoms with Gasteiger partial charge in [-0.2, -0.15) is 0 Å². The summed E-state index contributed by atoms with van der Waals surface area (Å²) < 4.78 is 0. The fourth-order valence-corrected chi connectivity index (χ4v) is 2.98. The zero-order valence-corrected chi connectivity index (χ0v) is 14.3. The van der Waals surface area contributed by atoms with E-state index in [0.29, 0.717) is 5.56 Å². The standard InChI is InChI=1S/C19H18ClN3O/c1-11-6-3-4-9-15(11)22-17(19(21)24)14-10-13-8-5-7-12(2)16(13)23-18(14)20/h3-10,17,22H,1-2H3,(H2,21,24). The molecular formula is C19H18ClN3O. The summed E-state index contributed by atoms with van der Waals surface area (Å²) in [6, 6.07) is 14.7. The maximum atomic E-state index is 12.0. The minimum atomic E-state index is -0.754. The Morgan fingerprint density at radius 1 is 1.12 bits per heavy atom. The third-order valence-corrected chi connectivity index (χ3v) is 4.37. The van der Waals surface area contributed by atoms with Gasteiger partial charge in [-0.15, -0.1) is 0 Å². The first-order valence-corrected chi connectivity index (χ1v) is 8.02. The Balaban J connectivity index is 2.09. The third-order valence-electron chi connectivity index (χ3n) is 4.07. The van der Waals surface area contributed by atoms with E-state index in [1.807, 2.05) is 62.4 Å². The fraction of sp³-hybridized carbons (Fsp3) is 0.158. The minimum absolute atomic E-state index is 0.279. The minimum Gasteiger partial charge on any atom is -0.370 e. The quantitative estimate of drug-likeness (QED) is 0.702. The Morgan fingerprint density at radius 2 is 1.83 bits per heavy atom. The predicted molar refractivity (Wildman–Crippen MR) is 98.2 cm³/mol. The topological polar surface area (TPSA) is 68.0 Å². The number of aryl methyl sites for hydroxylation is 2. The van der Waals surface area contributed by atoms with Crippen LogP contribution in [0.2, 0.25) is 5.15 Å². The number of pyridine rings is 1. The second-order valence-corrected chi connectivity index (χ2v) is 6.17. The van der Waals surface area contributed by atoms with Crippen molar-refractivity contribution in [3.8, 4) is 0 Å². The Kier molecular flexibility index (Phi) is 4.40. The number of nitrogens with two attached hydrogens (primary N) is 1. The number of hydrogen-bond acceptors (Lipinski definition) is 3. The van der Waals surface area contributed by atoms with Gasteiger partial charge in [0.15, 0.2) is 0 Å². The summed E-state index contributed by atoms with van der Waals surface area (Å²) in [6.45, 7) is 3.94. The van der Waals surface area contributed by atoms with E-state index >= 15 is 0 Å². The van der Waals surface area contributed by atoms with Gasteiger partial charge in [0.2, 0.25) is 5.91 Å². The first kappa shape index (κ1) is 16.3. The average molecular weight is 340 g/mol. The second-order valence-electron chi connectivity index (χ2n) is 5.81. The van der Waals surface area contributed by atoms with Crippen LogP contribution < -0.4 is 11.1 Å². The summed E-state index contributed by atoms with van der Waals surface area (Å²) >= 11 is 6.36. The normalized spacial score (nSPS) is 12.1. The van der Waals surface area contributed by atoms with Crippen molar-refractivity contribution in [3.63, 3.8) is 0 Å². The van der Waals surface area contributed by atoms with Crippen LogP contribution in [0.5, 0.6) is 0 Å². The van der Waals surface area contributed by atoms with Crippen LogP contribution in [0.15, 0.2) is 48.5 Å². The molecule has 0 fully saturated rings. The molecule has 1 unspecified atom stereocenters. The summed E-state index contributed by atoms with van der Waals surface area (Å²) in [7, 11) is 0. The summed E-state index contributed by atoms with van der Waals surface area (Å²) in [6.07, 6.45) is 0. The molecule has 122 valence electrons. The van der Waals surface area contributed by atoms with E-state index in [9.17, 15) is 4.79 Å². The Labute approximate surface area is 145 Å². The molecule has 0 radical (unpaired) electrons. The molecule has 1 amide bonds. The number of carbonyl (C=O) groups excluding carboxylic acids is 1. The number of primary amides is 1. The maximum Gasteiger partial charge on any atom is 0.244 e. The molecule has 0 aliphatic carbocycles. The number of halogens is 1. The van der Waals surface area contributed by atoms with Crippen LogP contribution in [0.3, 0.4) is 0 Å². The molecule has 3 N–H and O–H groups in total. The SMILES string of the molecule is Cc1ccccc1NC(C(N)=O)c1cc2cccc(C)c2nc1Cl. The molecule has 3 aromatic rings. The summed E-state index contributed by atoms with van der Waals surface area (Å²) in [5, 5.41) is 4.39. The molecule has 5 heteroatoms. The van der Waals surface area contributed by atoms with Gasteiger partial charge in [-0.3, -0.25) is 4.79 Å². The van der Waals surface area contributed by atoms with Gasteiger partial charge in [0.1, 0.15) is 11.2 Å². The average Bonchev–Trinajstić information content (AvgIpc) is 2.54. The van der Waals surface area contributed by atoms with Crippen molar-refractivity contribution >= 4 is 34.1 Å². The van der Waals surface area contributed by atoms with Gasteiger partial charge in [-0.05, 0) is 37.1 Å². The number of hydrogen-bond donors (Lipinski definition) is 2. The van der Waals surface area contributed by atoms with Crippen molar-refractivity contribution in [3.05, 3.63) is 70.4 Å². The zero-order valence-electron chi connectivity index (χ0n) is 13.5. The van der Waals surface area contributed by atoms with E-state index in [0.717, 1.165) is 27.7 Å². The Bertz CT molecular complexity index is 924. The van der Waals surface area contributed by atoms with Crippen molar-refractivity contribution in [1.29, 1.82) is 0 Å². The van der Waals surface area contributed by atoms with Crippen LogP contribution in [0, 0.1) is 13.8 Å². The number of benzene rings is 2. The van der Waals surface area contributed by atoms with Crippen molar-refractivity contribution in [2.75, 3.05) is 5.32 Å². The molecule has 24 heavy (non-hydrogen) atoms. The van der Waals surface area contributed by atoms with Gasteiger partial charge in [-0.25, -0.2) is 4.98 Å². The fourth-order valence-electron chi connectivity index (χ4n) is 2.74. The van der Waals surface area contributed by atoms with Crippen LogP contribution in [0.4, 0.5) is 5.69 Å². The predicted octanol–water partition coefficient (Wildman–Crippen LogP) is 4.14. The van der Waals surface area contributed by atoms with E-state index in [-0.39, 0.29) is 5.15 Å². The maximum absolute atomic E-state index is 12.0. The third kappa shape index (κ3) is 3.05. The number of aromatic nitrogens is 1. The van der Waals surface area contributed by atoms with Crippen molar-refractivity contribution in [2.45, 2.75) is 19.9 Å². The molecule has 0 aliphatic heterocycles. The van der Waals surface area contributed by atoms with Gasteiger partial charge < -0.3 is 11.1 Å². The number of anilines is 1. The van der Waals surface area contributed by atoms with Crippen LogP contribution in [-0.4, -0.2) is 10.9 Å². The van der Waals surface area contributed by atoms with Crippen molar-refractivity contribution in [2.24, 2.45) is 5.73 Å².